The van der Waals surface area contributed by atoms with Gasteiger partial charge in [0.1, 0.15) is 17.7 Å². The van der Waals surface area contributed by atoms with Gasteiger partial charge in [0.15, 0.2) is 0 Å². The maximum atomic E-state index is 13.7. The van der Waals surface area contributed by atoms with E-state index in [1.807, 2.05) is 28.9 Å². The summed E-state index contributed by atoms with van der Waals surface area (Å²) in [4.78, 5) is 59.0. The zero-order valence-corrected chi connectivity index (χ0v) is 24.2. The molecule has 2 bridgehead atoms. The lowest BCUT2D eigenvalue weighted by Crippen LogP contribution is -2.59. The highest BCUT2D eigenvalue weighted by molar-refractivity contribution is 5.94. The van der Waals surface area contributed by atoms with Gasteiger partial charge in [-0.05, 0) is 64.7 Å². The molecule has 3 fully saturated rings. The van der Waals surface area contributed by atoms with E-state index in [-0.39, 0.29) is 36.3 Å². The van der Waals surface area contributed by atoms with Crippen LogP contribution in [0.4, 0.5) is 4.79 Å². The van der Waals surface area contributed by atoms with E-state index in [1.165, 1.54) is 4.90 Å². The Morgan fingerprint density at radius 3 is 2.48 bits per heavy atom. The maximum Gasteiger partial charge on any atom is 0.410 e. The zero-order chi connectivity index (χ0) is 29.4. The molecule has 11 heteroatoms. The van der Waals surface area contributed by atoms with Crippen molar-refractivity contribution in [3.63, 3.8) is 0 Å². The maximum absolute atomic E-state index is 13.7. The molecule has 0 spiro atoms. The second-order valence-corrected chi connectivity index (χ2v) is 11.9. The third kappa shape index (κ3) is 5.77. The first-order valence-corrected chi connectivity index (χ1v) is 13.9. The smallest absolute Gasteiger partial charge is 0.410 e. The van der Waals surface area contributed by atoms with Gasteiger partial charge < -0.3 is 19.9 Å². The van der Waals surface area contributed by atoms with Crippen LogP contribution in [-0.2, 0) is 14.3 Å². The molecule has 1 aromatic carbocycles. The van der Waals surface area contributed by atoms with Gasteiger partial charge in [0.25, 0.3) is 5.91 Å². The molecule has 4 rings (SSSR count). The van der Waals surface area contributed by atoms with Crippen molar-refractivity contribution < 1.29 is 23.9 Å². The average molecular weight is 553 g/mol. The van der Waals surface area contributed by atoms with E-state index in [2.05, 4.69) is 11.4 Å². The number of nitrogens with zero attached hydrogens (tertiary/aromatic N) is 5. The van der Waals surface area contributed by atoms with Crippen molar-refractivity contribution in [2.75, 3.05) is 33.7 Å². The van der Waals surface area contributed by atoms with Gasteiger partial charge in [-0.2, -0.15) is 5.26 Å². The number of carbonyl (C=O) groups is 4. The second kappa shape index (κ2) is 11.5. The predicted octanol–water partition coefficient (Wildman–Crippen LogP) is 2.14. The quantitative estimate of drug-likeness (QED) is 0.549. The number of nitriles is 1. The van der Waals surface area contributed by atoms with Crippen molar-refractivity contribution in [2.24, 2.45) is 0 Å². The van der Waals surface area contributed by atoms with Gasteiger partial charge in [-0.25, -0.2) is 4.79 Å². The number of fused-ring (bicyclic) bond motifs is 2. The zero-order valence-electron chi connectivity index (χ0n) is 24.2. The highest BCUT2D eigenvalue weighted by Crippen LogP contribution is 2.38. The van der Waals surface area contributed by atoms with Crippen molar-refractivity contribution in [1.29, 1.82) is 5.26 Å². The molecule has 0 aromatic heterocycles. The number of rotatable bonds is 7. The highest BCUT2D eigenvalue weighted by atomic mass is 16.6. The molecule has 11 nitrogen and oxygen atoms in total. The first kappa shape index (κ1) is 29.3. The van der Waals surface area contributed by atoms with Crippen molar-refractivity contribution in [1.82, 2.24) is 24.9 Å². The van der Waals surface area contributed by atoms with Gasteiger partial charge in [-0.15, -0.1) is 0 Å². The SMILES string of the molecule is CNC(=O)c1ccc(C(C)N2C(=O)[C@@H]3C[C@H]2CN3CC(C(=O)N2CCC[C@H]2C#N)N(C)C(=O)OC(C)(C)C)cc1. The molecule has 5 atom stereocenters. The van der Waals surface area contributed by atoms with Crippen LogP contribution in [0.15, 0.2) is 24.3 Å². The minimum absolute atomic E-state index is 0.0127. The van der Waals surface area contributed by atoms with Crippen LogP contribution in [0.2, 0.25) is 0 Å². The monoisotopic (exact) mass is 552 g/mol. The van der Waals surface area contributed by atoms with E-state index in [4.69, 9.17) is 4.74 Å². The number of amides is 4. The lowest BCUT2D eigenvalue weighted by molar-refractivity contribution is -0.143. The fraction of sp³-hybridized carbons (Fsp3) is 0.621. The fourth-order valence-electron chi connectivity index (χ4n) is 6.02. The van der Waals surface area contributed by atoms with E-state index in [1.54, 1.807) is 51.9 Å². The highest BCUT2D eigenvalue weighted by Gasteiger charge is 2.52. The Morgan fingerprint density at radius 2 is 1.90 bits per heavy atom. The van der Waals surface area contributed by atoms with E-state index in [9.17, 15) is 24.4 Å². The van der Waals surface area contributed by atoms with Crippen molar-refractivity contribution in [2.45, 2.75) is 82.8 Å². The normalized spacial score (nSPS) is 24.0. The Kier molecular flexibility index (Phi) is 8.40. The Balaban J connectivity index is 1.50. The third-order valence-corrected chi connectivity index (χ3v) is 8.14. The van der Waals surface area contributed by atoms with Gasteiger partial charge in [-0.1, -0.05) is 12.1 Å². The summed E-state index contributed by atoms with van der Waals surface area (Å²) in [6.07, 6.45) is 1.36. The van der Waals surface area contributed by atoms with Crippen molar-refractivity contribution in [3.8, 4) is 6.07 Å². The molecule has 3 aliphatic heterocycles. The molecule has 4 amide bonds. The molecule has 216 valence electrons. The summed E-state index contributed by atoms with van der Waals surface area (Å²) in [7, 11) is 3.13. The predicted molar refractivity (Wildman–Crippen MR) is 147 cm³/mol. The first-order chi connectivity index (χ1) is 18.9. The lowest BCUT2D eigenvalue weighted by Gasteiger charge is -2.40. The van der Waals surface area contributed by atoms with E-state index in [0.29, 0.717) is 31.5 Å². The van der Waals surface area contributed by atoms with Crippen LogP contribution in [0.25, 0.3) is 0 Å². The summed E-state index contributed by atoms with van der Waals surface area (Å²) in [6, 6.07) is 7.44. The molecule has 1 aromatic rings. The van der Waals surface area contributed by atoms with Crippen LogP contribution < -0.4 is 5.32 Å². The number of hydrogen-bond donors (Lipinski definition) is 1. The molecule has 0 saturated carbocycles. The standard InChI is InChI=1S/C29H40N6O5/c1-18(19-9-11-20(12-10-19)25(36)31-5)35-22-14-23(27(35)38)33(16-22)17-24(32(6)28(39)40-29(2,3)4)26(37)34-13-7-8-21(34)15-30/h9-12,18,21-24H,7-8,13-14,16-17H2,1-6H3,(H,31,36)/t18?,21-,22-,23-,24?/m0/s1. The van der Waals surface area contributed by atoms with E-state index < -0.39 is 29.8 Å². The van der Waals surface area contributed by atoms with Crippen molar-refractivity contribution >= 4 is 23.8 Å². The van der Waals surface area contributed by atoms with E-state index >= 15 is 0 Å². The Labute approximate surface area is 236 Å². The summed E-state index contributed by atoms with van der Waals surface area (Å²) < 4.78 is 5.55. The van der Waals surface area contributed by atoms with Crippen LogP contribution in [0.3, 0.4) is 0 Å². The minimum atomic E-state index is -0.890. The Hall–Kier alpha value is -3.65. The van der Waals surface area contributed by atoms with Gasteiger partial charge in [0, 0.05) is 45.3 Å². The fourth-order valence-corrected chi connectivity index (χ4v) is 6.02. The number of piperazine rings is 1. The first-order valence-electron chi connectivity index (χ1n) is 13.9. The minimum Gasteiger partial charge on any atom is -0.444 e. The summed E-state index contributed by atoms with van der Waals surface area (Å²) in [5.41, 5.74) is 0.759. The number of likely N-dealkylation sites (tertiary alicyclic amines) is 3. The van der Waals surface area contributed by atoms with Gasteiger partial charge >= 0.3 is 6.09 Å². The number of carbonyl (C=O) groups excluding carboxylic acids is 4. The summed E-state index contributed by atoms with van der Waals surface area (Å²) in [6.45, 7) is 8.50. The Morgan fingerprint density at radius 1 is 1.23 bits per heavy atom. The van der Waals surface area contributed by atoms with Crippen molar-refractivity contribution in [3.05, 3.63) is 35.4 Å². The molecule has 3 heterocycles. The van der Waals surface area contributed by atoms with Crippen LogP contribution in [-0.4, -0.2) is 107 Å². The second-order valence-electron chi connectivity index (χ2n) is 11.9. The average Bonchev–Trinajstić information content (AvgIpc) is 3.64. The molecular weight excluding hydrogens is 512 g/mol. The van der Waals surface area contributed by atoms with Gasteiger partial charge in [0.05, 0.1) is 18.2 Å². The molecule has 3 saturated heterocycles. The largest absolute Gasteiger partial charge is 0.444 e. The van der Waals surface area contributed by atoms with Crippen LogP contribution in [0.1, 0.15) is 68.9 Å². The summed E-state index contributed by atoms with van der Waals surface area (Å²) in [5.74, 6) is -0.475. The number of nitrogens with one attached hydrogen (secondary N) is 1. The lowest BCUT2D eigenvalue weighted by atomic mass is 10.0. The molecule has 3 aliphatic rings. The summed E-state index contributed by atoms with van der Waals surface area (Å²) in [5, 5.41) is 12.2. The molecule has 1 N–H and O–H groups in total. The number of benzene rings is 1. The summed E-state index contributed by atoms with van der Waals surface area (Å²) >= 11 is 0. The molecule has 0 aliphatic carbocycles. The van der Waals surface area contributed by atoms with Gasteiger partial charge in [-0.3, -0.25) is 24.2 Å². The molecule has 40 heavy (non-hydrogen) atoms. The topological polar surface area (TPSA) is 126 Å². The third-order valence-electron chi connectivity index (χ3n) is 8.14. The molecule has 0 radical (unpaired) electrons. The number of likely N-dealkylation sites (N-methyl/N-ethyl adjacent to an activating group) is 1. The number of hydrogen-bond acceptors (Lipinski definition) is 7. The van der Waals surface area contributed by atoms with E-state index in [0.717, 1.165) is 12.0 Å². The number of ether oxygens (including phenoxy) is 1. The Bertz CT molecular complexity index is 1190. The van der Waals surface area contributed by atoms with Gasteiger partial charge in [0.2, 0.25) is 11.8 Å². The van der Waals surface area contributed by atoms with Crippen LogP contribution >= 0.6 is 0 Å². The molecular formula is C29H40N6O5. The van der Waals surface area contributed by atoms with Crippen LogP contribution in [0.5, 0.6) is 0 Å². The molecule has 2 unspecified atom stereocenters. The van der Waals surface area contributed by atoms with Crippen LogP contribution in [0, 0.1) is 11.3 Å².